The van der Waals surface area contributed by atoms with Crippen molar-refractivity contribution in [1.29, 1.82) is 0 Å². The van der Waals surface area contributed by atoms with Crippen LogP contribution in [0.1, 0.15) is 12.8 Å². The number of fused-ring (bicyclic) bond motifs is 7. The van der Waals surface area contributed by atoms with Crippen molar-refractivity contribution in [3.05, 3.63) is 163 Å². The first kappa shape index (κ1) is 25.6. The molecule has 2 aliphatic heterocycles. The van der Waals surface area contributed by atoms with Crippen LogP contribution in [0.5, 0.6) is 0 Å². The summed E-state index contributed by atoms with van der Waals surface area (Å²) in [6.45, 7) is 0.119. The van der Waals surface area contributed by atoms with Crippen molar-refractivity contribution in [3.8, 4) is 5.69 Å². The quantitative estimate of drug-likeness (QED) is 0.192. The lowest BCUT2D eigenvalue weighted by molar-refractivity contribution is 0.997. The molecule has 0 atom stereocenters. The average Bonchev–Trinajstić information content (AvgIpc) is 3.46. The molecule has 0 saturated carbocycles. The lowest BCUT2D eigenvalue weighted by Crippen LogP contribution is -2.61. The molecule has 0 fully saturated rings. The summed E-state index contributed by atoms with van der Waals surface area (Å²) in [7, 11) is 0. The van der Waals surface area contributed by atoms with Crippen LogP contribution < -0.4 is 26.2 Å². The molecule has 3 nitrogen and oxygen atoms in total. The zero-order valence-electron chi connectivity index (χ0n) is 25.3. The van der Waals surface area contributed by atoms with E-state index in [4.69, 9.17) is 0 Å². The van der Waals surface area contributed by atoms with Crippen molar-refractivity contribution in [2.45, 2.75) is 12.8 Å². The fraction of sp³-hybridized carbons (Fsp3) is 0.0476. The van der Waals surface area contributed by atoms with Gasteiger partial charge in [0.05, 0.1) is 16.7 Å². The van der Waals surface area contributed by atoms with E-state index in [1.54, 1.807) is 0 Å². The summed E-state index contributed by atoms with van der Waals surface area (Å²) in [6.07, 6.45) is 9.16. The van der Waals surface area contributed by atoms with E-state index in [9.17, 15) is 0 Å². The molecule has 216 valence electrons. The minimum atomic E-state index is 0.119. The van der Waals surface area contributed by atoms with E-state index in [-0.39, 0.29) is 6.71 Å². The van der Waals surface area contributed by atoms with Gasteiger partial charge in [-0.25, -0.2) is 0 Å². The summed E-state index contributed by atoms with van der Waals surface area (Å²) in [5, 5.41) is 2.54. The Morgan fingerprint density at radius 2 is 1.04 bits per heavy atom. The fourth-order valence-electron chi connectivity index (χ4n) is 8.11. The van der Waals surface area contributed by atoms with Crippen LogP contribution in [0.25, 0.3) is 27.5 Å². The van der Waals surface area contributed by atoms with Gasteiger partial charge in [0.25, 0.3) is 6.71 Å². The van der Waals surface area contributed by atoms with Gasteiger partial charge in [-0.2, -0.15) is 0 Å². The smallest absolute Gasteiger partial charge is 0.252 e. The number of aromatic nitrogens is 1. The van der Waals surface area contributed by atoms with Crippen molar-refractivity contribution in [3.63, 3.8) is 0 Å². The van der Waals surface area contributed by atoms with Gasteiger partial charge in [0, 0.05) is 44.9 Å². The van der Waals surface area contributed by atoms with Gasteiger partial charge in [0.2, 0.25) is 0 Å². The van der Waals surface area contributed by atoms with E-state index < -0.39 is 0 Å². The molecule has 1 aliphatic carbocycles. The molecule has 4 heteroatoms. The molecule has 0 spiro atoms. The van der Waals surface area contributed by atoms with Gasteiger partial charge in [0.1, 0.15) is 0 Å². The number of allylic oxidation sites excluding steroid dienone is 3. The molecule has 0 amide bonds. The molecule has 3 aliphatic rings. The van der Waals surface area contributed by atoms with Crippen LogP contribution in [-0.4, -0.2) is 11.3 Å². The minimum Gasteiger partial charge on any atom is -0.312 e. The average molecular weight is 588 g/mol. The molecule has 0 N–H and O–H groups in total. The van der Waals surface area contributed by atoms with Crippen LogP contribution in [-0.2, 0) is 0 Å². The van der Waals surface area contributed by atoms with Crippen LogP contribution in [0.3, 0.4) is 0 Å². The van der Waals surface area contributed by atoms with Gasteiger partial charge in [0.15, 0.2) is 0 Å². The maximum Gasteiger partial charge on any atom is 0.252 e. The third kappa shape index (κ3) is 3.55. The summed E-state index contributed by atoms with van der Waals surface area (Å²) < 4.78 is 2.46. The van der Waals surface area contributed by atoms with Gasteiger partial charge in [-0.1, -0.05) is 103 Å². The van der Waals surface area contributed by atoms with Crippen LogP contribution in [0, 0.1) is 0 Å². The molecule has 1 aromatic heterocycles. The van der Waals surface area contributed by atoms with E-state index in [1.807, 2.05) is 0 Å². The Hall–Kier alpha value is -5.74. The zero-order valence-corrected chi connectivity index (χ0v) is 25.3. The van der Waals surface area contributed by atoms with E-state index in [2.05, 4.69) is 172 Å². The molecular weight excluding hydrogens is 557 g/mol. The van der Waals surface area contributed by atoms with Crippen molar-refractivity contribution >= 4 is 73.3 Å². The van der Waals surface area contributed by atoms with Crippen LogP contribution in [0.4, 0.5) is 28.4 Å². The Labute approximate surface area is 269 Å². The first-order valence-corrected chi connectivity index (χ1v) is 16.2. The number of nitrogens with zero attached hydrogens (tertiary/aromatic N) is 3. The highest BCUT2D eigenvalue weighted by atomic mass is 15.2. The first-order valence-electron chi connectivity index (χ1n) is 16.2. The summed E-state index contributed by atoms with van der Waals surface area (Å²) >= 11 is 0. The monoisotopic (exact) mass is 587 g/mol. The highest BCUT2D eigenvalue weighted by Gasteiger charge is 2.43. The van der Waals surface area contributed by atoms with Gasteiger partial charge < -0.3 is 14.4 Å². The Morgan fingerprint density at radius 1 is 0.478 bits per heavy atom. The second-order valence-corrected chi connectivity index (χ2v) is 12.4. The summed E-state index contributed by atoms with van der Waals surface area (Å²) in [6, 6.07) is 51.4. The number of hydrogen-bond donors (Lipinski definition) is 0. The second-order valence-electron chi connectivity index (χ2n) is 12.4. The van der Waals surface area contributed by atoms with Crippen molar-refractivity contribution < 1.29 is 0 Å². The lowest BCUT2D eigenvalue weighted by Gasteiger charge is -2.44. The summed E-state index contributed by atoms with van der Waals surface area (Å²) in [4.78, 5) is 5.01. The number of anilines is 5. The minimum absolute atomic E-state index is 0.119. The lowest BCUT2D eigenvalue weighted by atomic mass is 9.33. The zero-order chi connectivity index (χ0) is 30.2. The molecular formula is C42H30BN3. The third-order valence-corrected chi connectivity index (χ3v) is 9.96. The van der Waals surface area contributed by atoms with Crippen LogP contribution in [0.15, 0.2) is 163 Å². The maximum absolute atomic E-state index is 2.52. The Bertz CT molecular complexity index is 2350. The van der Waals surface area contributed by atoms with Crippen LogP contribution >= 0.6 is 0 Å². The highest BCUT2D eigenvalue weighted by Crippen LogP contribution is 2.45. The second kappa shape index (κ2) is 9.88. The molecule has 6 aromatic carbocycles. The molecule has 0 bridgehead atoms. The van der Waals surface area contributed by atoms with E-state index in [0.29, 0.717) is 0 Å². The van der Waals surface area contributed by atoms with Gasteiger partial charge in [-0.05, 0) is 83.8 Å². The van der Waals surface area contributed by atoms with E-state index in [1.165, 1.54) is 66.6 Å². The van der Waals surface area contributed by atoms with Gasteiger partial charge >= 0.3 is 0 Å². The molecule has 7 aromatic rings. The molecule has 0 saturated heterocycles. The predicted octanol–water partition coefficient (Wildman–Crippen LogP) is 8.77. The Kier molecular flexibility index (Phi) is 5.50. The topological polar surface area (TPSA) is 11.4 Å². The number of benzene rings is 6. The molecule has 0 unspecified atom stereocenters. The molecule has 3 heterocycles. The summed E-state index contributed by atoms with van der Waals surface area (Å²) in [5.74, 6) is 0. The van der Waals surface area contributed by atoms with Crippen molar-refractivity contribution in [2.24, 2.45) is 0 Å². The third-order valence-electron chi connectivity index (χ3n) is 9.96. The Balaban J connectivity index is 1.37. The normalized spacial score (nSPS) is 14.7. The Morgan fingerprint density at radius 3 is 1.70 bits per heavy atom. The maximum atomic E-state index is 2.52. The van der Waals surface area contributed by atoms with Crippen molar-refractivity contribution in [1.82, 2.24) is 4.57 Å². The first-order chi connectivity index (χ1) is 22.9. The number of hydrogen-bond acceptors (Lipinski definition) is 2. The molecule has 46 heavy (non-hydrogen) atoms. The predicted molar refractivity (Wildman–Crippen MR) is 195 cm³/mol. The molecule has 10 rings (SSSR count). The fourth-order valence-corrected chi connectivity index (χ4v) is 8.11. The number of rotatable bonds is 3. The van der Waals surface area contributed by atoms with E-state index in [0.717, 1.165) is 24.2 Å². The van der Waals surface area contributed by atoms with E-state index >= 15 is 0 Å². The van der Waals surface area contributed by atoms with Gasteiger partial charge in [-0.3, -0.25) is 0 Å². The largest absolute Gasteiger partial charge is 0.312 e. The SMILES string of the molecule is C1=CC(N2c3ccccc3B3c4ccccc4N(c4ccccc4)c4cc(-n5c6ccccc6c6ccccc65)cc2c43)=CCC1. The number of para-hydroxylation sites is 5. The molecule has 0 radical (unpaired) electrons. The van der Waals surface area contributed by atoms with Crippen LogP contribution in [0.2, 0.25) is 0 Å². The van der Waals surface area contributed by atoms with Gasteiger partial charge in [-0.15, -0.1) is 0 Å². The van der Waals surface area contributed by atoms with Crippen molar-refractivity contribution in [2.75, 3.05) is 9.80 Å². The highest BCUT2D eigenvalue weighted by molar-refractivity contribution is 7.00. The standard InChI is InChI=1S/C42H30BN3/c1-3-15-29(16-4-1)44-38-25-13-9-21-34(38)43-35-22-10-14-26-39(35)45(30-17-5-2-6-18-30)41-28-31(27-40(44)42(41)43)46-36-23-11-7-19-32(36)33-20-8-12-24-37(33)46/h1,3-5,7-28H,2,6H2. The summed E-state index contributed by atoms with van der Waals surface area (Å²) in [5.41, 5.74) is 15.0.